The number of aromatic hydroxyl groups is 1. The van der Waals surface area contributed by atoms with Gasteiger partial charge in [0.15, 0.2) is 0 Å². The second kappa shape index (κ2) is 6.01. The third-order valence-corrected chi connectivity index (χ3v) is 6.43. The lowest BCUT2D eigenvalue weighted by Gasteiger charge is -2.15. The molecule has 8 heteroatoms. The summed E-state index contributed by atoms with van der Waals surface area (Å²) < 4.78 is 2.03. The average Bonchev–Trinajstić information content (AvgIpc) is 2.29. The summed E-state index contributed by atoms with van der Waals surface area (Å²) in [5, 5.41) is 18.5. The van der Waals surface area contributed by atoms with Crippen LogP contribution in [0.4, 0.5) is 0 Å². The fourth-order valence-electron chi connectivity index (χ4n) is 1.15. The molecule has 0 radical (unpaired) electrons. The molecule has 0 aliphatic heterocycles. The number of aliphatic carboxylic acids is 1. The Morgan fingerprint density at radius 3 is 1.88 bits per heavy atom. The summed E-state index contributed by atoms with van der Waals surface area (Å²) in [5.74, 6) is -1.06. The lowest BCUT2D eigenvalue weighted by atomic mass is 10.1. The number of hydrogen-bond donors (Lipinski definition) is 3. The third kappa shape index (κ3) is 3.23. The van der Waals surface area contributed by atoms with Gasteiger partial charge in [0.1, 0.15) is 11.8 Å². The minimum atomic E-state index is -1.08. The Kier molecular flexibility index (Phi) is 5.45. The first-order valence-corrected chi connectivity index (χ1v) is 7.46. The van der Waals surface area contributed by atoms with Crippen molar-refractivity contribution in [2.75, 3.05) is 0 Å². The highest BCUT2D eigenvalue weighted by Crippen LogP contribution is 2.45. The lowest BCUT2D eigenvalue weighted by molar-refractivity contribution is -0.138. The molecule has 1 atom stereocenters. The van der Waals surface area contributed by atoms with Crippen LogP contribution >= 0.6 is 63.7 Å². The summed E-state index contributed by atoms with van der Waals surface area (Å²) in [6.45, 7) is 0. The molecular weight excluding hydrogens is 490 g/mol. The van der Waals surface area contributed by atoms with Crippen LogP contribution in [0.25, 0.3) is 0 Å². The Balaban J connectivity index is 3.30. The second-order valence-electron chi connectivity index (χ2n) is 3.23. The molecule has 0 amide bonds. The molecule has 0 aliphatic carbocycles. The fourth-order valence-corrected chi connectivity index (χ4v) is 3.65. The van der Waals surface area contributed by atoms with E-state index in [0.717, 1.165) is 0 Å². The fraction of sp³-hybridized carbons (Fsp3) is 0.222. The van der Waals surface area contributed by atoms with Crippen molar-refractivity contribution in [1.82, 2.24) is 0 Å². The van der Waals surface area contributed by atoms with Crippen LogP contribution < -0.4 is 5.73 Å². The Bertz CT molecular complexity index is 449. The number of halogens is 4. The highest BCUT2D eigenvalue weighted by molar-refractivity contribution is 9.14. The van der Waals surface area contributed by atoms with E-state index in [0.29, 0.717) is 23.5 Å². The van der Waals surface area contributed by atoms with E-state index >= 15 is 0 Å². The Labute approximate surface area is 131 Å². The van der Waals surface area contributed by atoms with Crippen molar-refractivity contribution in [3.05, 3.63) is 23.5 Å². The van der Waals surface area contributed by atoms with Gasteiger partial charge in [-0.2, -0.15) is 0 Å². The zero-order valence-corrected chi connectivity index (χ0v) is 14.5. The summed E-state index contributed by atoms with van der Waals surface area (Å²) in [6, 6.07) is -1.01. The number of carbonyl (C=O) groups is 1. The molecule has 17 heavy (non-hydrogen) atoms. The topological polar surface area (TPSA) is 83.5 Å². The first-order valence-electron chi connectivity index (χ1n) is 4.29. The van der Waals surface area contributed by atoms with Gasteiger partial charge in [0.2, 0.25) is 0 Å². The standard InChI is InChI=1S/C9H7Br4NO3/c10-4-2(1-3(14)9(16)17)5(11)7(13)8(15)6(4)12/h3,15H,1,14H2,(H,16,17). The molecule has 4 nitrogen and oxygen atoms in total. The summed E-state index contributed by atoms with van der Waals surface area (Å²) in [6.07, 6.45) is 0.133. The van der Waals surface area contributed by atoms with Gasteiger partial charge >= 0.3 is 5.97 Å². The van der Waals surface area contributed by atoms with E-state index in [4.69, 9.17) is 10.8 Å². The van der Waals surface area contributed by atoms with Gasteiger partial charge in [-0.15, -0.1) is 0 Å². The smallest absolute Gasteiger partial charge is 0.320 e. The maximum Gasteiger partial charge on any atom is 0.320 e. The maximum absolute atomic E-state index is 10.7. The van der Waals surface area contributed by atoms with E-state index in [1.54, 1.807) is 0 Å². The van der Waals surface area contributed by atoms with Crippen LogP contribution in [0.3, 0.4) is 0 Å². The first-order chi connectivity index (χ1) is 7.77. The highest BCUT2D eigenvalue weighted by Gasteiger charge is 2.22. The number of carboxylic acids is 1. The van der Waals surface area contributed by atoms with E-state index in [2.05, 4.69) is 63.7 Å². The van der Waals surface area contributed by atoms with Crippen LogP contribution in [0.15, 0.2) is 17.9 Å². The van der Waals surface area contributed by atoms with Gasteiger partial charge in [-0.05, 0) is 69.3 Å². The van der Waals surface area contributed by atoms with Gasteiger partial charge in [-0.1, -0.05) is 0 Å². The molecule has 0 spiro atoms. The van der Waals surface area contributed by atoms with Crippen molar-refractivity contribution in [3.63, 3.8) is 0 Å². The van der Waals surface area contributed by atoms with Crippen molar-refractivity contribution in [3.8, 4) is 5.75 Å². The second-order valence-corrected chi connectivity index (χ2v) is 6.40. The molecule has 0 saturated heterocycles. The number of nitrogens with two attached hydrogens (primary N) is 1. The lowest BCUT2D eigenvalue weighted by Crippen LogP contribution is -2.32. The predicted molar refractivity (Wildman–Crippen MR) is 78.2 cm³/mol. The Hall–Kier alpha value is 0.370. The maximum atomic E-state index is 10.7. The molecule has 1 rings (SSSR count). The summed E-state index contributed by atoms with van der Waals surface area (Å²) >= 11 is 13.0. The van der Waals surface area contributed by atoms with Crippen molar-refractivity contribution in [2.45, 2.75) is 12.5 Å². The van der Waals surface area contributed by atoms with E-state index < -0.39 is 12.0 Å². The molecule has 0 bridgehead atoms. The molecule has 1 aromatic rings. The van der Waals surface area contributed by atoms with Crippen LogP contribution in [0.1, 0.15) is 5.56 Å². The Morgan fingerprint density at radius 2 is 1.53 bits per heavy atom. The summed E-state index contributed by atoms with van der Waals surface area (Å²) in [4.78, 5) is 10.7. The van der Waals surface area contributed by atoms with Crippen molar-refractivity contribution >= 4 is 69.7 Å². The molecule has 0 heterocycles. The van der Waals surface area contributed by atoms with Gasteiger partial charge in [0.05, 0.1) is 8.95 Å². The van der Waals surface area contributed by atoms with Crippen molar-refractivity contribution in [1.29, 1.82) is 0 Å². The minimum Gasteiger partial charge on any atom is -0.505 e. The van der Waals surface area contributed by atoms with E-state index in [1.807, 2.05) is 0 Å². The first kappa shape index (κ1) is 15.4. The number of phenols is 1. The number of hydrogen-bond acceptors (Lipinski definition) is 3. The summed E-state index contributed by atoms with van der Waals surface area (Å²) in [5.41, 5.74) is 6.15. The van der Waals surface area contributed by atoms with Gasteiger partial charge in [0, 0.05) is 15.4 Å². The van der Waals surface area contributed by atoms with Crippen LogP contribution in [-0.4, -0.2) is 22.2 Å². The van der Waals surface area contributed by atoms with E-state index in [1.165, 1.54) is 0 Å². The number of benzene rings is 1. The van der Waals surface area contributed by atoms with Crippen LogP contribution in [0.2, 0.25) is 0 Å². The molecular formula is C9H7Br4NO3. The van der Waals surface area contributed by atoms with Crippen molar-refractivity contribution < 1.29 is 15.0 Å². The average molecular weight is 497 g/mol. The minimum absolute atomic E-state index is 0.0244. The molecule has 0 aliphatic rings. The number of rotatable bonds is 3. The van der Waals surface area contributed by atoms with Gasteiger partial charge in [-0.25, -0.2) is 0 Å². The van der Waals surface area contributed by atoms with Gasteiger partial charge < -0.3 is 15.9 Å². The number of carboxylic acid groups (broad SMARTS) is 1. The van der Waals surface area contributed by atoms with Crippen molar-refractivity contribution in [2.24, 2.45) is 5.73 Å². The largest absolute Gasteiger partial charge is 0.505 e. The quantitative estimate of drug-likeness (QED) is 0.560. The molecule has 0 aromatic heterocycles. The molecule has 1 unspecified atom stereocenters. The highest BCUT2D eigenvalue weighted by atomic mass is 79.9. The zero-order valence-electron chi connectivity index (χ0n) is 8.18. The molecule has 1 aromatic carbocycles. The SMILES string of the molecule is NC(Cc1c(Br)c(Br)c(O)c(Br)c1Br)C(=O)O. The predicted octanol–water partition coefficient (Wildman–Crippen LogP) is 3.40. The van der Waals surface area contributed by atoms with Crippen LogP contribution in [-0.2, 0) is 11.2 Å². The van der Waals surface area contributed by atoms with E-state index in [9.17, 15) is 9.90 Å². The van der Waals surface area contributed by atoms with Crippen LogP contribution in [0.5, 0.6) is 5.75 Å². The van der Waals surface area contributed by atoms with E-state index in [-0.39, 0.29) is 12.2 Å². The Morgan fingerprint density at radius 1 is 1.12 bits per heavy atom. The van der Waals surface area contributed by atoms with Gasteiger partial charge in [0.25, 0.3) is 0 Å². The normalized spacial score (nSPS) is 12.5. The molecule has 4 N–H and O–H groups in total. The summed E-state index contributed by atoms with van der Waals surface area (Å²) in [7, 11) is 0. The van der Waals surface area contributed by atoms with Crippen LogP contribution in [0, 0.1) is 0 Å². The van der Waals surface area contributed by atoms with Gasteiger partial charge in [-0.3, -0.25) is 4.79 Å². The number of phenolic OH excluding ortho intramolecular Hbond substituents is 1. The zero-order chi connectivity index (χ0) is 13.3. The molecule has 94 valence electrons. The third-order valence-electron chi connectivity index (χ3n) is 2.07. The molecule has 0 fully saturated rings. The monoisotopic (exact) mass is 493 g/mol. The molecule has 0 saturated carbocycles.